The number of rotatable bonds is 3. The van der Waals surface area contributed by atoms with Gasteiger partial charge in [-0.2, -0.15) is 13.2 Å². The molecular formula is C32H23F3N2O3S2. The van der Waals surface area contributed by atoms with Crippen molar-refractivity contribution in [2.75, 3.05) is 4.90 Å². The number of imide groups is 1. The fourth-order valence-electron chi connectivity index (χ4n) is 7.98. The van der Waals surface area contributed by atoms with Crippen LogP contribution in [0, 0.1) is 29.6 Å². The van der Waals surface area contributed by atoms with Crippen LogP contribution in [0.1, 0.15) is 28.3 Å². The van der Waals surface area contributed by atoms with E-state index in [1.165, 1.54) is 23.5 Å². The number of hydrogen-bond donors (Lipinski definition) is 1. The van der Waals surface area contributed by atoms with Crippen LogP contribution < -0.4 is 9.77 Å². The minimum absolute atomic E-state index is 0.00556. The van der Waals surface area contributed by atoms with Gasteiger partial charge in [0.1, 0.15) is 0 Å². The Bertz CT molecular complexity index is 1800. The van der Waals surface area contributed by atoms with Gasteiger partial charge in [0.25, 0.3) is 0 Å². The lowest BCUT2D eigenvalue weighted by Crippen LogP contribution is -2.42. The van der Waals surface area contributed by atoms with E-state index < -0.39 is 35.4 Å². The molecule has 5 nitrogen and oxygen atoms in total. The van der Waals surface area contributed by atoms with Crippen molar-refractivity contribution in [2.24, 2.45) is 29.6 Å². The Morgan fingerprint density at radius 2 is 1.50 bits per heavy atom. The van der Waals surface area contributed by atoms with Gasteiger partial charge >= 0.3 is 11.0 Å². The van der Waals surface area contributed by atoms with Crippen LogP contribution in [0.15, 0.2) is 88.7 Å². The first kappa shape index (κ1) is 26.0. The fraction of sp³-hybridized carbons (Fsp3) is 0.281. The number of halogens is 3. The van der Waals surface area contributed by atoms with Crippen LogP contribution in [0.3, 0.4) is 0 Å². The monoisotopic (exact) mass is 604 g/mol. The summed E-state index contributed by atoms with van der Waals surface area (Å²) in [6, 6.07) is 22.8. The van der Waals surface area contributed by atoms with E-state index >= 15 is 0 Å². The Kier molecular flexibility index (Phi) is 5.69. The quantitative estimate of drug-likeness (QED) is 0.261. The number of thiazole rings is 1. The summed E-state index contributed by atoms with van der Waals surface area (Å²) in [6.07, 6.45) is -3.87. The highest BCUT2D eigenvalue weighted by Crippen LogP contribution is 2.68. The second kappa shape index (κ2) is 9.18. The van der Waals surface area contributed by atoms with E-state index in [9.17, 15) is 27.6 Å². The maximum atomic E-state index is 13.9. The number of nitrogens with one attached hydrogen (secondary N) is 1. The number of H-pyrrole nitrogens is 1. The molecule has 3 heterocycles. The van der Waals surface area contributed by atoms with E-state index in [-0.39, 0.29) is 39.5 Å². The zero-order chi connectivity index (χ0) is 28.9. The molecule has 2 saturated carbocycles. The number of amides is 2. The topological polar surface area (TPSA) is 70.2 Å². The molecule has 8 rings (SSSR count). The lowest BCUT2D eigenvalue weighted by molar-refractivity contribution is -0.137. The molecule has 2 aliphatic carbocycles. The number of anilines is 1. The molecule has 4 aromatic rings. The van der Waals surface area contributed by atoms with Crippen molar-refractivity contribution in [3.8, 4) is 11.1 Å². The number of carbonyl (C=O) groups is 2. The van der Waals surface area contributed by atoms with E-state index in [0.717, 1.165) is 43.6 Å². The van der Waals surface area contributed by atoms with Crippen molar-refractivity contribution in [2.45, 2.75) is 28.8 Å². The fourth-order valence-corrected chi connectivity index (χ4v) is 10.9. The molecule has 4 aliphatic rings. The van der Waals surface area contributed by atoms with Gasteiger partial charge in [0, 0.05) is 16.0 Å². The Labute approximate surface area is 246 Å². The number of hydrogen-bond acceptors (Lipinski definition) is 5. The number of nitrogens with zero attached hydrogens (tertiary/aromatic N) is 1. The minimum Gasteiger partial charge on any atom is -0.307 e. The lowest BCUT2D eigenvalue weighted by Gasteiger charge is -2.43. The van der Waals surface area contributed by atoms with Gasteiger partial charge in [-0.05, 0) is 59.1 Å². The molecule has 3 fully saturated rings. The minimum atomic E-state index is -4.58. The zero-order valence-electron chi connectivity index (χ0n) is 21.9. The SMILES string of the molecule is O=C1C2C3CC(C2C(=O)N1c1cccc(C(F)(F)F)c1)C1C(c2ccc(-c4ccccc4)cc2)c2sc(=O)[nH]c2SC31. The van der Waals surface area contributed by atoms with Crippen molar-refractivity contribution in [3.63, 3.8) is 0 Å². The number of carbonyl (C=O) groups excluding carboxylic acids is 2. The maximum Gasteiger partial charge on any atom is 0.416 e. The Balaban J connectivity index is 1.18. The third-order valence-electron chi connectivity index (χ3n) is 9.53. The Hall–Kier alpha value is -3.63. The highest BCUT2D eigenvalue weighted by molar-refractivity contribution is 8.00. The third kappa shape index (κ3) is 3.74. The molecule has 7 unspecified atom stereocenters. The third-order valence-corrected chi connectivity index (χ3v) is 12.1. The predicted octanol–water partition coefficient (Wildman–Crippen LogP) is 6.80. The second-order valence-electron chi connectivity index (χ2n) is 11.5. The van der Waals surface area contributed by atoms with Crippen LogP contribution in [0.25, 0.3) is 11.1 Å². The summed E-state index contributed by atoms with van der Waals surface area (Å²) in [7, 11) is 0. The molecule has 2 aliphatic heterocycles. The number of fused-ring (bicyclic) bond motifs is 9. The van der Waals surface area contributed by atoms with Crippen LogP contribution in [0.5, 0.6) is 0 Å². The van der Waals surface area contributed by atoms with Gasteiger partial charge in [-0.1, -0.05) is 72.0 Å². The van der Waals surface area contributed by atoms with Crippen LogP contribution in [0.2, 0.25) is 0 Å². The smallest absolute Gasteiger partial charge is 0.307 e. The molecule has 0 radical (unpaired) electrons. The highest BCUT2D eigenvalue weighted by Gasteiger charge is 2.69. The molecule has 3 aromatic carbocycles. The first-order valence-electron chi connectivity index (χ1n) is 13.8. The molecule has 2 bridgehead atoms. The van der Waals surface area contributed by atoms with Gasteiger partial charge in [0.2, 0.25) is 11.8 Å². The van der Waals surface area contributed by atoms with Gasteiger partial charge < -0.3 is 4.98 Å². The van der Waals surface area contributed by atoms with Gasteiger partial charge in [0.05, 0.1) is 28.1 Å². The van der Waals surface area contributed by atoms with Gasteiger partial charge in [0.15, 0.2) is 0 Å². The first-order chi connectivity index (χ1) is 20.2. The van der Waals surface area contributed by atoms with Crippen LogP contribution in [-0.2, 0) is 15.8 Å². The molecule has 212 valence electrons. The average Bonchev–Trinajstić information content (AvgIpc) is 3.72. The van der Waals surface area contributed by atoms with Crippen molar-refractivity contribution in [1.29, 1.82) is 0 Å². The predicted molar refractivity (Wildman–Crippen MR) is 154 cm³/mol. The van der Waals surface area contributed by atoms with Gasteiger partial charge in [-0.15, -0.1) is 11.8 Å². The number of thioether (sulfide) groups is 1. The molecule has 10 heteroatoms. The highest BCUT2D eigenvalue weighted by atomic mass is 32.2. The lowest BCUT2D eigenvalue weighted by atomic mass is 9.68. The van der Waals surface area contributed by atoms with Crippen LogP contribution in [-0.4, -0.2) is 22.0 Å². The van der Waals surface area contributed by atoms with Crippen molar-refractivity contribution in [3.05, 3.63) is 105 Å². The number of aromatic nitrogens is 1. The average molecular weight is 605 g/mol. The second-order valence-corrected chi connectivity index (χ2v) is 13.7. The summed E-state index contributed by atoms with van der Waals surface area (Å²) in [5.74, 6) is -2.31. The van der Waals surface area contributed by atoms with E-state index in [1.54, 1.807) is 11.8 Å². The molecule has 1 N–H and O–H groups in total. The van der Waals surface area contributed by atoms with Gasteiger partial charge in [-0.3, -0.25) is 19.3 Å². The molecule has 0 spiro atoms. The first-order valence-corrected chi connectivity index (χ1v) is 15.5. The Morgan fingerprint density at radius 3 is 2.21 bits per heavy atom. The number of benzene rings is 3. The maximum absolute atomic E-state index is 13.9. The van der Waals surface area contributed by atoms with E-state index in [4.69, 9.17) is 0 Å². The summed E-state index contributed by atoms with van der Waals surface area (Å²) in [6.45, 7) is 0. The van der Waals surface area contributed by atoms with Crippen LogP contribution in [0.4, 0.5) is 18.9 Å². The number of alkyl halides is 3. The Morgan fingerprint density at radius 1 is 0.810 bits per heavy atom. The molecule has 7 atom stereocenters. The summed E-state index contributed by atoms with van der Waals surface area (Å²) in [5.41, 5.74) is 2.31. The van der Waals surface area contributed by atoms with Crippen molar-refractivity contribution < 1.29 is 22.8 Å². The summed E-state index contributed by atoms with van der Waals surface area (Å²) >= 11 is 2.79. The summed E-state index contributed by atoms with van der Waals surface area (Å²) in [5, 5.41) is 0.824. The standard InChI is InChI=1S/C32H23F3N2O3S2/c33-32(34,35)18-7-4-8-19(13-18)37-29(38)24-20-14-21(25(24)30(37)39)26-23(20)22(27-28(41-26)36-31(40)42-27)17-11-9-16(10-12-17)15-5-2-1-3-6-15/h1-13,20-26H,14H2,(H,36,40). The molecule has 1 aromatic heterocycles. The molecule has 42 heavy (non-hydrogen) atoms. The summed E-state index contributed by atoms with van der Waals surface area (Å²) in [4.78, 5) is 45.0. The zero-order valence-corrected chi connectivity index (χ0v) is 23.5. The van der Waals surface area contributed by atoms with Crippen LogP contribution >= 0.6 is 23.1 Å². The van der Waals surface area contributed by atoms with Gasteiger partial charge in [-0.25, -0.2) is 0 Å². The van der Waals surface area contributed by atoms with E-state index in [1.807, 2.05) is 30.3 Å². The van der Waals surface area contributed by atoms with E-state index in [0.29, 0.717) is 6.42 Å². The number of aromatic amines is 1. The van der Waals surface area contributed by atoms with Crippen molar-refractivity contribution >= 4 is 40.6 Å². The molecule has 1 saturated heterocycles. The summed E-state index contributed by atoms with van der Waals surface area (Å²) < 4.78 is 40.4. The molecule has 2 amide bonds. The van der Waals surface area contributed by atoms with E-state index in [2.05, 4.69) is 29.2 Å². The largest absolute Gasteiger partial charge is 0.416 e. The normalized spacial score (nSPS) is 29.5. The van der Waals surface area contributed by atoms with Crippen molar-refractivity contribution in [1.82, 2.24) is 4.98 Å². The molecular weight excluding hydrogens is 581 g/mol.